The molecule has 1 heterocycles. The summed E-state index contributed by atoms with van der Waals surface area (Å²) in [5, 5.41) is 12.6. The third kappa shape index (κ3) is 6.04. The van der Waals surface area contributed by atoms with Crippen molar-refractivity contribution < 1.29 is 14.3 Å². The summed E-state index contributed by atoms with van der Waals surface area (Å²) in [6.45, 7) is 3.37. The number of aryl methyl sites for hydroxylation is 1. The van der Waals surface area contributed by atoms with E-state index in [0.717, 1.165) is 0 Å². The Hall–Kier alpha value is -3.60. The van der Waals surface area contributed by atoms with Gasteiger partial charge in [0, 0.05) is 33.4 Å². The van der Waals surface area contributed by atoms with Gasteiger partial charge in [-0.3, -0.25) is 14.4 Å². The number of halogens is 2. The number of ether oxygens (including phenoxy) is 1. The Morgan fingerprint density at radius 2 is 1.76 bits per heavy atom. The van der Waals surface area contributed by atoms with Crippen molar-refractivity contribution >= 4 is 40.8 Å². The molecule has 3 aromatic rings. The monoisotopic (exact) mass is 497 g/mol. The van der Waals surface area contributed by atoms with E-state index in [-0.39, 0.29) is 18.4 Å². The summed E-state index contributed by atoms with van der Waals surface area (Å²) in [4.78, 5) is 40.3. The number of amides is 1. The third-order valence-corrected chi connectivity index (χ3v) is 5.66. The van der Waals surface area contributed by atoms with E-state index in [0.29, 0.717) is 38.1 Å². The molecule has 2 aromatic carbocycles. The Kier molecular flexibility index (Phi) is 8.11. The first-order chi connectivity index (χ1) is 16.2. The van der Waals surface area contributed by atoms with Gasteiger partial charge in [-0.25, -0.2) is 0 Å². The molecule has 3 rings (SSSR count). The van der Waals surface area contributed by atoms with Gasteiger partial charge in [0.2, 0.25) is 6.10 Å². The molecular weight excluding hydrogens is 477 g/mol. The van der Waals surface area contributed by atoms with Crippen molar-refractivity contribution in [2.75, 3.05) is 5.32 Å². The highest BCUT2D eigenvalue weighted by molar-refractivity contribution is 6.35. The first-order valence-corrected chi connectivity index (χ1v) is 11.1. The summed E-state index contributed by atoms with van der Waals surface area (Å²) in [5.41, 5.74) is 2.17. The number of nitrogens with zero attached hydrogens (tertiary/aromatic N) is 1. The SMILES string of the molecule is Cc1[nH]c(=O)c(C#N)c(C)c1CCC(=O)OC(C(=O)Nc1cc(Cl)cc(Cl)c1)c1ccccc1. The van der Waals surface area contributed by atoms with Crippen molar-refractivity contribution in [2.45, 2.75) is 32.8 Å². The molecule has 0 fully saturated rings. The van der Waals surface area contributed by atoms with Gasteiger partial charge in [-0.15, -0.1) is 0 Å². The van der Waals surface area contributed by atoms with Crippen molar-refractivity contribution in [3.05, 3.63) is 96.9 Å². The molecule has 0 spiro atoms. The Balaban J connectivity index is 1.78. The summed E-state index contributed by atoms with van der Waals surface area (Å²) in [6.07, 6.45) is -1.04. The Morgan fingerprint density at radius 3 is 2.38 bits per heavy atom. The average molecular weight is 498 g/mol. The molecule has 0 bridgehead atoms. The van der Waals surface area contributed by atoms with Crippen molar-refractivity contribution in [1.82, 2.24) is 4.98 Å². The zero-order valence-electron chi connectivity index (χ0n) is 18.4. The first kappa shape index (κ1) is 25.0. The van der Waals surface area contributed by atoms with Crippen LogP contribution in [-0.2, 0) is 20.7 Å². The summed E-state index contributed by atoms with van der Waals surface area (Å²) in [6, 6.07) is 15.1. The third-order valence-electron chi connectivity index (χ3n) is 5.22. The average Bonchev–Trinajstić information content (AvgIpc) is 2.77. The molecule has 0 saturated carbocycles. The molecule has 1 atom stereocenters. The van der Waals surface area contributed by atoms with Gasteiger partial charge in [-0.2, -0.15) is 5.26 Å². The number of benzene rings is 2. The number of esters is 1. The van der Waals surface area contributed by atoms with Crippen LogP contribution in [0, 0.1) is 25.2 Å². The van der Waals surface area contributed by atoms with Gasteiger partial charge in [0.1, 0.15) is 11.6 Å². The van der Waals surface area contributed by atoms with Crippen molar-refractivity contribution in [1.29, 1.82) is 5.26 Å². The minimum Gasteiger partial charge on any atom is -0.447 e. The van der Waals surface area contributed by atoms with Gasteiger partial charge >= 0.3 is 5.97 Å². The number of carbonyl (C=O) groups is 2. The van der Waals surface area contributed by atoms with Crippen LogP contribution in [0.2, 0.25) is 10.0 Å². The molecule has 34 heavy (non-hydrogen) atoms. The van der Waals surface area contributed by atoms with Gasteiger partial charge < -0.3 is 15.0 Å². The molecule has 0 aliphatic carbocycles. The summed E-state index contributed by atoms with van der Waals surface area (Å²) >= 11 is 12.0. The number of hydrogen-bond donors (Lipinski definition) is 2. The number of nitrogens with one attached hydrogen (secondary N) is 2. The van der Waals surface area contributed by atoms with Gasteiger partial charge in [0.15, 0.2) is 0 Å². The minimum atomic E-state index is -1.21. The molecule has 0 radical (unpaired) electrons. The molecule has 1 amide bonds. The fourth-order valence-electron chi connectivity index (χ4n) is 3.57. The van der Waals surface area contributed by atoms with Gasteiger partial charge in [-0.05, 0) is 49.6 Å². The highest BCUT2D eigenvalue weighted by atomic mass is 35.5. The summed E-state index contributed by atoms with van der Waals surface area (Å²) in [7, 11) is 0. The van der Waals surface area contributed by atoms with Gasteiger partial charge in [0.25, 0.3) is 11.5 Å². The number of carbonyl (C=O) groups excluding carboxylic acids is 2. The molecule has 0 aliphatic heterocycles. The lowest BCUT2D eigenvalue weighted by Gasteiger charge is -2.19. The smallest absolute Gasteiger partial charge is 0.307 e. The molecule has 174 valence electrons. The van der Waals surface area contributed by atoms with Crippen LogP contribution < -0.4 is 10.9 Å². The van der Waals surface area contributed by atoms with E-state index in [9.17, 15) is 19.6 Å². The van der Waals surface area contributed by atoms with Crippen LogP contribution in [0.4, 0.5) is 5.69 Å². The molecule has 0 aliphatic rings. The van der Waals surface area contributed by atoms with E-state index < -0.39 is 23.5 Å². The Morgan fingerprint density at radius 1 is 1.12 bits per heavy atom. The molecule has 1 aromatic heterocycles. The van der Waals surface area contributed by atoms with E-state index in [1.54, 1.807) is 44.2 Å². The van der Waals surface area contributed by atoms with E-state index in [4.69, 9.17) is 27.9 Å². The number of anilines is 1. The topological polar surface area (TPSA) is 112 Å². The van der Waals surface area contributed by atoms with E-state index in [1.807, 2.05) is 6.07 Å². The second kappa shape index (κ2) is 11.0. The van der Waals surface area contributed by atoms with Gasteiger partial charge in [0.05, 0.1) is 0 Å². The number of hydrogen-bond acceptors (Lipinski definition) is 5. The fraction of sp³-hybridized carbons (Fsp3) is 0.200. The van der Waals surface area contributed by atoms with Crippen LogP contribution >= 0.6 is 23.2 Å². The maximum atomic E-state index is 13.0. The summed E-state index contributed by atoms with van der Waals surface area (Å²) < 4.78 is 5.56. The second-order valence-electron chi connectivity index (χ2n) is 7.60. The van der Waals surface area contributed by atoms with Crippen LogP contribution in [-0.4, -0.2) is 16.9 Å². The largest absolute Gasteiger partial charge is 0.447 e. The quantitative estimate of drug-likeness (QED) is 0.444. The van der Waals surface area contributed by atoms with E-state index in [1.165, 1.54) is 18.2 Å². The number of aromatic nitrogens is 1. The molecule has 0 saturated heterocycles. The number of aromatic amines is 1. The highest BCUT2D eigenvalue weighted by Gasteiger charge is 2.25. The van der Waals surface area contributed by atoms with Crippen molar-refractivity contribution in [3.8, 4) is 6.07 Å². The van der Waals surface area contributed by atoms with Gasteiger partial charge in [-0.1, -0.05) is 53.5 Å². The van der Waals surface area contributed by atoms with Crippen LogP contribution in [0.3, 0.4) is 0 Å². The molecule has 7 nitrogen and oxygen atoms in total. The zero-order valence-corrected chi connectivity index (χ0v) is 20.0. The standard InChI is InChI=1S/C25H21Cl2N3O4/c1-14-20(15(2)29-24(32)21(14)13-28)8-9-22(31)34-23(16-6-4-3-5-7-16)25(33)30-19-11-17(26)10-18(27)12-19/h3-7,10-12,23H,8-9H2,1-2H3,(H,29,32)(H,30,33). The second-order valence-corrected chi connectivity index (χ2v) is 8.47. The van der Waals surface area contributed by atoms with E-state index >= 15 is 0 Å². The Labute approximate surface area is 206 Å². The lowest BCUT2D eigenvalue weighted by Crippen LogP contribution is -2.26. The van der Waals surface area contributed by atoms with Crippen molar-refractivity contribution in [3.63, 3.8) is 0 Å². The normalized spacial score (nSPS) is 11.4. The number of H-pyrrole nitrogens is 1. The first-order valence-electron chi connectivity index (χ1n) is 10.3. The minimum absolute atomic E-state index is 0.00990. The Bertz CT molecular complexity index is 1310. The lowest BCUT2D eigenvalue weighted by atomic mass is 9.99. The predicted molar refractivity (Wildman–Crippen MR) is 130 cm³/mol. The van der Waals surface area contributed by atoms with Crippen LogP contribution in [0.5, 0.6) is 0 Å². The maximum Gasteiger partial charge on any atom is 0.307 e. The number of pyridine rings is 1. The lowest BCUT2D eigenvalue weighted by molar-refractivity contribution is -0.154. The molecular formula is C25H21Cl2N3O4. The molecule has 9 heteroatoms. The fourth-order valence-corrected chi connectivity index (χ4v) is 4.10. The predicted octanol–water partition coefficient (Wildman–Crippen LogP) is 5.03. The number of rotatable bonds is 7. The number of nitriles is 1. The van der Waals surface area contributed by atoms with Crippen molar-refractivity contribution in [2.24, 2.45) is 0 Å². The van der Waals surface area contributed by atoms with E-state index in [2.05, 4.69) is 10.3 Å². The van der Waals surface area contributed by atoms with Crippen LogP contribution in [0.15, 0.2) is 53.3 Å². The van der Waals surface area contributed by atoms with Crippen LogP contribution in [0.25, 0.3) is 0 Å². The molecule has 2 N–H and O–H groups in total. The highest BCUT2D eigenvalue weighted by Crippen LogP contribution is 2.26. The maximum absolute atomic E-state index is 13.0. The molecule has 1 unspecified atom stereocenters. The van der Waals surface area contributed by atoms with Crippen LogP contribution in [0.1, 0.15) is 40.5 Å². The summed E-state index contributed by atoms with van der Waals surface area (Å²) in [5.74, 6) is -1.18. The zero-order chi connectivity index (χ0) is 24.8.